The molecule has 0 radical (unpaired) electrons. The van der Waals surface area contributed by atoms with E-state index >= 15 is 0 Å². The zero-order chi connectivity index (χ0) is 19.7. The average molecular weight is 377 g/mol. The summed E-state index contributed by atoms with van der Waals surface area (Å²) in [6.07, 6.45) is -1.36. The van der Waals surface area contributed by atoms with Crippen molar-refractivity contribution in [2.24, 2.45) is 0 Å². The summed E-state index contributed by atoms with van der Waals surface area (Å²) in [5.74, 6) is -0.531. The van der Waals surface area contributed by atoms with E-state index in [9.17, 15) is 18.0 Å². The van der Waals surface area contributed by atoms with E-state index in [-0.39, 0.29) is 17.3 Å². The quantitative estimate of drug-likeness (QED) is 0.767. The van der Waals surface area contributed by atoms with Gasteiger partial charge in [0.15, 0.2) is 0 Å². The lowest BCUT2D eigenvalue weighted by molar-refractivity contribution is -0.138. The standard InChI is InChI=1S/C21H22F3NO2/c1-14-5-7-15(8-6-14)20(11-3-4-12-20)19(26)25-16-9-10-18(27-2)17(13-16)21(22,23)24/h5-10,13H,3-4,11-12H2,1-2H3,(H,25,26). The van der Waals surface area contributed by atoms with Crippen LogP contribution >= 0.6 is 0 Å². The van der Waals surface area contributed by atoms with E-state index in [0.29, 0.717) is 12.8 Å². The van der Waals surface area contributed by atoms with E-state index in [2.05, 4.69) is 5.32 Å². The second-order valence-electron chi connectivity index (χ2n) is 7.02. The number of alkyl halides is 3. The summed E-state index contributed by atoms with van der Waals surface area (Å²) in [6.45, 7) is 1.97. The average Bonchev–Trinajstić information content (AvgIpc) is 3.12. The minimum atomic E-state index is -4.56. The van der Waals surface area contributed by atoms with Crippen LogP contribution in [0, 0.1) is 6.92 Å². The third-order valence-corrected chi connectivity index (χ3v) is 5.26. The lowest BCUT2D eigenvalue weighted by atomic mass is 9.77. The van der Waals surface area contributed by atoms with Gasteiger partial charge in [0.25, 0.3) is 0 Å². The number of carbonyl (C=O) groups excluding carboxylic acids is 1. The molecule has 0 atom stereocenters. The van der Waals surface area contributed by atoms with Gasteiger partial charge in [0, 0.05) is 5.69 Å². The fourth-order valence-corrected chi connectivity index (χ4v) is 3.76. The highest BCUT2D eigenvalue weighted by atomic mass is 19.4. The fourth-order valence-electron chi connectivity index (χ4n) is 3.76. The smallest absolute Gasteiger partial charge is 0.420 e. The molecule has 0 saturated heterocycles. The molecule has 0 bridgehead atoms. The van der Waals surface area contributed by atoms with Gasteiger partial charge in [0.2, 0.25) is 5.91 Å². The summed E-state index contributed by atoms with van der Waals surface area (Å²) in [5.41, 5.74) is 0.515. The van der Waals surface area contributed by atoms with Crippen molar-refractivity contribution in [1.82, 2.24) is 0 Å². The van der Waals surface area contributed by atoms with Crippen LogP contribution in [0.4, 0.5) is 18.9 Å². The van der Waals surface area contributed by atoms with E-state index in [4.69, 9.17) is 4.74 Å². The van der Waals surface area contributed by atoms with Gasteiger partial charge in [0.1, 0.15) is 5.75 Å². The number of rotatable bonds is 4. The Labute approximate surface area is 156 Å². The first kappa shape index (κ1) is 19.3. The molecular weight excluding hydrogens is 355 g/mol. The predicted octanol–water partition coefficient (Wildman–Crippen LogP) is 5.47. The predicted molar refractivity (Wildman–Crippen MR) is 98.0 cm³/mol. The fraction of sp³-hybridized carbons (Fsp3) is 0.381. The second-order valence-corrected chi connectivity index (χ2v) is 7.02. The van der Waals surface area contributed by atoms with Crippen LogP contribution < -0.4 is 10.1 Å². The highest BCUT2D eigenvalue weighted by Crippen LogP contribution is 2.43. The Morgan fingerprint density at radius 3 is 2.26 bits per heavy atom. The van der Waals surface area contributed by atoms with Crippen molar-refractivity contribution in [3.8, 4) is 5.75 Å². The lowest BCUT2D eigenvalue weighted by Crippen LogP contribution is -2.38. The van der Waals surface area contributed by atoms with Gasteiger partial charge in [-0.05, 0) is 43.5 Å². The molecule has 6 heteroatoms. The number of nitrogens with one attached hydrogen (secondary N) is 1. The number of hydrogen-bond donors (Lipinski definition) is 1. The highest BCUT2D eigenvalue weighted by Gasteiger charge is 2.43. The summed E-state index contributed by atoms with van der Waals surface area (Å²) < 4.78 is 44.5. The second kappa shape index (κ2) is 7.25. The number of amides is 1. The van der Waals surface area contributed by atoms with Crippen molar-refractivity contribution in [1.29, 1.82) is 0 Å². The molecule has 1 aliphatic carbocycles. The number of aryl methyl sites for hydroxylation is 1. The largest absolute Gasteiger partial charge is 0.496 e. The summed E-state index contributed by atoms with van der Waals surface area (Å²) in [5, 5.41) is 2.71. The van der Waals surface area contributed by atoms with E-state index in [0.717, 1.165) is 30.0 Å². The van der Waals surface area contributed by atoms with Crippen molar-refractivity contribution in [3.63, 3.8) is 0 Å². The molecule has 3 rings (SSSR count). The molecule has 1 N–H and O–H groups in total. The maximum absolute atomic E-state index is 13.2. The first-order valence-corrected chi connectivity index (χ1v) is 8.90. The lowest BCUT2D eigenvalue weighted by Gasteiger charge is -2.28. The summed E-state index contributed by atoms with van der Waals surface area (Å²) >= 11 is 0. The first-order chi connectivity index (χ1) is 12.8. The van der Waals surface area contributed by atoms with Crippen molar-refractivity contribution in [2.75, 3.05) is 12.4 Å². The van der Waals surface area contributed by atoms with Gasteiger partial charge in [-0.3, -0.25) is 4.79 Å². The Morgan fingerprint density at radius 1 is 1.07 bits per heavy atom. The Balaban J connectivity index is 1.92. The number of benzene rings is 2. The third kappa shape index (κ3) is 3.80. The summed E-state index contributed by atoms with van der Waals surface area (Å²) in [7, 11) is 1.19. The van der Waals surface area contributed by atoms with Gasteiger partial charge in [-0.15, -0.1) is 0 Å². The van der Waals surface area contributed by atoms with E-state index in [1.807, 2.05) is 31.2 Å². The highest BCUT2D eigenvalue weighted by molar-refractivity contribution is 5.99. The number of hydrogen-bond acceptors (Lipinski definition) is 2. The number of anilines is 1. The van der Waals surface area contributed by atoms with Crippen molar-refractivity contribution >= 4 is 11.6 Å². The van der Waals surface area contributed by atoms with Crippen LogP contribution in [0.15, 0.2) is 42.5 Å². The van der Waals surface area contributed by atoms with Gasteiger partial charge in [0.05, 0.1) is 18.1 Å². The molecule has 2 aromatic carbocycles. The molecule has 0 unspecified atom stereocenters. The molecule has 0 spiro atoms. The molecule has 2 aromatic rings. The van der Waals surface area contributed by atoms with E-state index < -0.39 is 17.2 Å². The third-order valence-electron chi connectivity index (χ3n) is 5.26. The maximum Gasteiger partial charge on any atom is 0.420 e. The normalized spacial score (nSPS) is 16.2. The van der Waals surface area contributed by atoms with Gasteiger partial charge >= 0.3 is 6.18 Å². The van der Waals surface area contributed by atoms with Crippen LogP contribution in [0.2, 0.25) is 0 Å². The molecule has 3 nitrogen and oxygen atoms in total. The molecule has 1 amide bonds. The van der Waals surface area contributed by atoms with Crippen LogP contribution in [-0.4, -0.2) is 13.0 Å². The Kier molecular flexibility index (Phi) is 5.18. The molecular formula is C21H22F3NO2. The SMILES string of the molecule is COc1ccc(NC(=O)C2(c3ccc(C)cc3)CCCC2)cc1C(F)(F)F. The van der Waals surface area contributed by atoms with Crippen LogP contribution in [0.25, 0.3) is 0 Å². The maximum atomic E-state index is 13.2. The Bertz CT molecular complexity index is 822. The van der Waals surface area contributed by atoms with Crippen LogP contribution in [-0.2, 0) is 16.4 Å². The van der Waals surface area contributed by atoms with Crippen molar-refractivity contribution in [3.05, 3.63) is 59.2 Å². The van der Waals surface area contributed by atoms with Crippen molar-refractivity contribution in [2.45, 2.75) is 44.2 Å². The van der Waals surface area contributed by atoms with Gasteiger partial charge in [-0.2, -0.15) is 13.2 Å². The van der Waals surface area contributed by atoms with Gasteiger partial charge in [-0.25, -0.2) is 0 Å². The number of ether oxygens (including phenoxy) is 1. The molecule has 0 aromatic heterocycles. The number of carbonyl (C=O) groups is 1. The molecule has 144 valence electrons. The van der Waals surface area contributed by atoms with Crippen LogP contribution in [0.3, 0.4) is 0 Å². The Hall–Kier alpha value is -2.50. The summed E-state index contributed by atoms with van der Waals surface area (Å²) in [6, 6.07) is 11.4. The molecule has 1 saturated carbocycles. The van der Waals surface area contributed by atoms with Crippen molar-refractivity contribution < 1.29 is 22.7 Å². The minimum absolute atomic E-state index is 0.117. The monoisotopic (exact) mass is 377 g/mol. The van der Waals surface area contributed by atoms with Gasteiger partial charge in [-0.1, -0.05) is 42.7 Å². The first-order valence-electron chi connectivity index (χ1n) is 8.90. The zero-order valence-corrected chi connectivity index (χ0v) is 15.3. The van der Waals surface area contributed by atoms with Crippen LogP contribution in [0.1, 0.15) is 42.4 Å². The number of methoxy groups -OCH3 is 1. The number of halogens is 3. The van der Waals surface area contributed by atoms with E-state index in [1.54, 1.807) is 0 Å². The topological polar surface area (TPSA) is 38.3 Å². The molecule has 27 heavy (non-hydrogen) atoms. The zero-order valence-electron chi connectivity index (χ0n) is 15.3. The minimum Gasteiger partial charge on any atom is -0.496 e. The van der Waals surface area contributed by atoms with Gasteiger partial charge < -0.3 is 10.1 Å². The van der Waals surface area contributed by atoms with E-state index in [1.165, 1.54) is 19.2 Å². The molecule has 0 aliphatic heterocycles. The van der Waals surface area contributed by atoms with Crippen LogP contribution in [0.5, 0.6) is 5.75 Å². The Morgan fingerprint density at radius 2 is 1.70 bits per heavy atom. The molecule has 1 aliphatic rings. The molecule has 0 heterocycles. The summed E-state index contributed by atoms with van der Waals surface area (Å²) in [4.78, 5) is 13.1. The molecule has 1 fully saturated rings.